The molecule has 0 bridgehead atoms. The molecule has 150 valence electrons. The Kier molecular flexibility index (Phi) is 6.39. The van der Waals surface area contributed by atoms with E-state index in [1.807, 2.05) is 13.0 Å². The third kappa shape index (κ3) is 4.28. The van der Waals surface area contributed by atoms with E-state index in [-0.39, 0.29) is 12.1 Å². The zero-order chi connectivity index (χ0) is 19.4. The molecule has 1 unspecified atom stereocenters. The highest BCUT2D eigenvalue weighted by atomic mass is 32.2. The number of benzene rings is 1. The fourth-order valence-electron chi connectivity index (χ4n) is 3.83. The van der Waals surface area contributed by atoms with Crippen LogP contribution < -0.4 is 5.32 Å². The van der Waals surface area contributed by atoms with E-state index in [0.717, 1.165) is 36.8 Å². The Morgan fingerprint density at radius 3 is 2.85 bits per heavy atom. The first-order valence-electron chi connectivity index (χ1n) is 9.62. The Bertz CT molecular complexity index is 781. The van der Waals surface area contributed by atoms with E-state index >= 15 is 0 Å². The number of carbonyl (C=O) groups is 1. The molecule has 2 aliphatic rings. The van der Waals surface area contributed by atoms with Gasteiger partial charge in [0.15, 0.2) is 0 Å². The number of methoxy groups -OCH3 is 1. The van der Waals surface area contributed by atoms with Gasteiger partial charge in [-0.15, -0.1) is 0 Å². The number of hydrogen-bond acceptors (Lipinski definition) is 4. The lowest BCUT2D eigenvalue weighted by Crippen LogP contribution is -2.43. The van der Waals surface area contributed by atoms with Crippen LogP contribution in [0, 0.1) is 0 Å². The van der Waals surface area contributed by atoms with Crippen molar-refractivity contribution in [2.24, 2.45) is 0 Å². The van der Waals surface area contributed by atoms with Gasteiger partial charge < -0.3 is 15.0 Å². The number of urea groups is 1. The minimum Gasteiger partial charge on any atom is -0.383 e. The van der Waals surface area contributed by atoms with Crippen LogP contribution in [0.1, 0.15) is 37.3 Å². The molecule has 0 aromatic heterocycles. The maximum absolute atomic E-state index is 13.1. The van der Waals surface area contributed by atoms with E-state index in [2.05, 4.69) is 5.32 Å². The summed E-state index contributed by atoms with van der Waals surface area (Å²) < 4.78 is 33.0. The van der Waals surface area contributed by atoms with Crippen molar-refractivity contribution in [1.82, 2.24) is 14.5 Å². The zero-order valence-corrected chi connectivity index (χ0v) is 16.9. The molecule has 0 saturated carbocycles. The van der Waals surface area contributed by atoms with Gasteiger partial charge in [0.2, 0.25) is 10.0 Å². The van der Waals surface area contributed by atoms with Gasteiger partial charge in [-0.2, -0.15) is 4.31 Å². The molecule has 1 aromatic carbocycles. The average Bonchev–Trinajstić information content (AvgIpc) is 3.14. The third-order valence-corrected chi connectivity index (χ3v) is 7.24. The van der Waals surface area contributed by atoms with E-state index in [9.17, 15) is 13.2 Å². The van der Waals surface area contributed by atoms with Crippen molar-refractivity contribution in [2.75, 3.05) is 33.4 Å². The number of carbonyl (C=O) groups excluding carboxylic acids is 1. The predicted molar refractivity (Wildman–Crippen MR) is 103 cm³/mol. The topological polar surface area (TPSA) is 79.0 Å². The molecule has 27 heavy (non-hydrogen) atoms. The molecule has 1 aromatic rings. The van der Waals surface area contributed by atoms with Gasteiger partial charge in [-0.1, -0.05) is 13.0 Å². The van der Waals surface area contributed by atoms with E-state index in [4.69, 9.17) is 4.74 Å². The minimum absolute atomic E-state index is 0.0875. The smallest absolute Gasteiger partial charge is 0.317 e. The minimum atomic E-state index is -3.56. The molecule has 2 heterocycles. The van der Waals surface area contributed by atoms with Crippen molar-refractivity contribution in [3.63, 3.8) is 0 Å². The summed E-state index contributed by atoms with van der Waals surface area (Å²) in [6, 6.07) is 5.14. The molecule has 2 aliphatic heterocycles. The fourth-order valence-corrected chi connectivity index (χ4v) is 5.56. The van der Waals surface area contributed by atoms with Gasteiger partial charge in [-0.25, -0.2) is 13.2 Å². The maximum Gasteiger partial charge on any atom is 0.317 e. The highest BCUT2D eigenvalue weighted by molar-refractivity contribution is 7.89. The van der Waals surface area contributed by atoms with Gasteiger partial charge in [0.25, 0.3) is 0 Å². The number of ether oxygens (including phenoxy) is 1. The van der Waals surface area contributed by atoms with Crippen LogP contribution in [0.2, 0.25) is 0 Å². The molecule has 0 spiro atoms. The average molecular weight is 396 g/mol. The summed E-state index contributed by atoms with van der Waals surface area (Å²) in [6.45, 7) is 4.69. The summed E-state index contributed by atoms with van der Waals surface area (Å²) in [7, 11) is -1.96. The molecule has 1 saturated heterocycles. The second-order valence-corrected chi connectivity index (χ2v) is 9.09. The number of sulfonamides is 1. The fraction of sp³-hybridized carbons (Fsp3) is 0.632. The molecule has 7 nitrogen and oxygen atoms in total. The maximum atomic E-state index is 13.1. The van der Waals surface area contributed by atoms with Crippen LogP contribution >= 0.6 is 0 Å². The van der Waals surface area contributed by atoms with Crippen molar-refractivity contribution >= 4 is 16.1 Å². The Morgan fingerprint density at radius 2 is 2.11 bits per heavy atom. The normalized spacial score (nSPS) is 20.5. The van der Waals surface area contributed by atoms with Crippen LogP contribution in [0.15, 0.2) is 23.1 Å². The standard InChI is InChI=1S/C19H29N3O4S/c1-3-9-20-19(23)21-11-8-15-6-7-18(12-16(15)13-21)27(24,25)22-10-4-5-17(22)14-26-2/h6-7,12,17H,3-5,8-11,13-14H2,1-2H3,(H,20,23). The lowest BCUT2D eigenvalue weighted by atomic mass is 10.0. The summed E-state index contributed by atoms with van der Waals surface area (Å²) in [5.74, 6) is 0. The zero-order valence-electron chi connectivity index (χ0n) is 16.1. The SMILES string of the molecule is CCCNC(=O)N1CCc2ccc(S(=O)(=O)N3CCCC3COC)cc2C1. The molecular formula is C19H29N3O4S. The van der Waals surface area contributed by atoms with Crippen molar-refractivity contribution < 1.29 is 17.9 Å². The van der Waals surface area contributed by atoms with Crippen molar-refractivity contribution in [3.8, 4) is 0 Å². The Hall–Kier alpha value is -1.64. The van der Waals surface area contributed by atoms with E-state index in [0.29, 0.717) is 37.7 Å². The van der Waals surface area contributed by atoms with Crippen LogP contribution in [0.3, 0.4) is 0 Å². The van der Waals surface area contributed by atoms with Crippen LogP contribution in [0.25, 0.3) is 0 Å². The van der Waals surface area contributed by atoms with Crippen LogP contribution in [0.5, 0.6) is 0 Å². The van der Waals surface area contributed by atoms with Gasteiger partial charge in [-0.3, -0.25) is 0 Å². The molecule has 2 amide bonds. The van der Waals surface area contributed by atoms with Gasteiger partial charge in [0.05, 0.1) is 11.5 Å². The largest absolute Gasteiger partial charge is 0.383 e. The monoisotopic (exact) mass is 395 g/mol. The summed E-state index contributed by atoms with van der Waals surface area (Å²) in [4.78, 5) is 14.3. The number of nitrogens with zero attached hydrogens (tertiary/aromatic N) is 2. The van der Waals surface area contributed by atoms with Crippen molar-refractivity contribution in [3.05, 3.63) is 29.3 Å². The first-order valence-corrected chi connectivity index (χ1v) is 11.1. The number of nitrogens with one attached hydrogen (secondary N) is 1. The van der Waals surface area contributed by atoms with Crippen LogP contribution in [-0.4, -0.2) is 63.0 Å². The quantitative estimate of drug-likeness (QED) is 0.799. The van der Waals surface area contributed by atoms with Gasteiger partial charge in [0.1, 0.15) is 0 Å². The number of rotatable bonds is 6. The van der Waals surface area contributed by atoms with Crippen LogP contribution in [0.4, 0.5) is 4.79 Å². The molecule has 1 fully saturated rings. The molecule has 8 heteroatoms. The predicted octanol–water partition coefficient (Wildman–Crippen LogP) is 1.96. The van der Waals surface area contributed by atoms with Gasteiger partial charge >= 0.3 is 6.03 Å². The summed E-state index contributed by atoms with van der Waals surface area (Å²) in [6.07, 6.45) is 3.30. The number of amides is 2. The van der Waals surface area contributed by atoms with Crippen molar-refractivity contribution in [2.45, 2.75) is 50.1 Å². The first-order chi connectivity index (χ1) is 13.0. The summed E-state index contributed by atoms with van der Waals surface area (Å²) >= 11 is 0. The third-order valence-electron chi connectivity index (χ3n) is 5.29. The van der Waals surface area contributed by atoms with E-state index in [1.165, 1.54) is 0 Å². The molecule has 1 atom stereocenters. The Morgan fingerprint density at radius 1 is 1.30 bits per heavy atom. The molecular weight excluding hydrogens is 366 g/mol. The lowest BCUT2D eigenvalue weighted by molar-refractivity contribution is 0.149. The van der Waals surface area contributed by atoms with Crippen molar-refractivity contribution in [1.29, 1.82) is 0 Å². The second kappa shape index (κ2) is 8.58. The summed E-state index contributed by atoms with van der Waals surface area (Å²) in [5.41, 5.74) is 2.03. The molecule has 3 rings (SSSR count). The van der Waals surface area contributed by atoms with Gasteiger partial charge in [0, 0.05) is 39.3 Å². The lowest BCUT2D eigenvalue weighted by Gasteiger charge is -2.30. The molecule has 0 aliphatic carbocycles. The molecule has 0 radical (unpaired) electrons. The number of hydrogen-bond donors (Lipinski definition) is 1. The summed E-state index contributed by atoms with van der Waals surface area (Å²) in [5, 5.41) is 2.89. The number of fused-ring (bicyclic) bond motifs is 1. The Balaban J connectivity index is 1.80. The van der Waals surface area contributed by atoms with E-state index < -0.39 is 10.0 Å². The van der Waals surface area contributed by atoms with Gasteiger partial charge in [-0.05, 0) is 48.9 Å². The molecule has 1 N–H and O–H groups in total. The second-order valence-electron chi connectivity index (χ2n) is 7.20. The Labute approximate surface area is 161 Å². The highest BCUT2D eigenvalue weighted by Crippen LogP contribution is 2.29. The van der Waals surface area contributed by atoms with Crippen LogP contribution in [-0.2, 0) is 27.7 Å². The highest BCUT2D eigenvalue weighted by Gasteiger charge is 2.35. The first kappa shape index (κ1) is 20.1. The van der Waals surface area contributed by atoms with E-state index in [1.54, 1.807) is 28.4 Å².